The molecule has 1 saturated heterocycles. The molecule has 3 fully saturated rings. The summed E-state index contributed by atoms with van der Waals surface area (Å²) in [6.45, 7) is 2.97. The predicted molar refractivity (Wildman–Crippen MR) is 108 cm³/mol. The minimum absolute atomic E-state index is 0.0731. The zero-order valence-corrected chi connectivity index (χ0v) is 17.4. The lowest BCUT2D eigenvalue weighted by molar-refractivity contribution is -0.156. The van der Waals surface area contributed by atoms with Crippen molar-refractivity contribution in [3.8, 4) is 0 Å². The third-order valence-corrected chi connectivity index (χ3v) is 7.27. The van der Waals surface area contributed by atoms with Gasteiger partial charge in [0.05, 0.1) is 12.6 Å². The van der Waals surface area contributed by atoms with Crippen molar-refractivity contribution in [3.63, 3.8) is 0 Å². The van der Waals surface area contributed by atoms with Crippen molar-refractivity contribution in [2.24, 2.45) is 17.1 Å². The standard InChI is InChI=1S/C22H37N3O3/c1-16-10-11-18(19(26)14-24-16)25(15-17-8-4-2-5-9-17)21(28)22(20(23)27)12-6-3-7-13-22/h16-18,24H,2-15H2,1H3,(H2,23,27)/t16-,18+/m1/s1. The molecule has 1 heterocycles. The molecule has 3 rings (SSSR count). The molecule has 2 atom stereocenters. The lowest BCUT2D eigenvalue weighted by atomic mass is 9.71. The lowest BCUT2D eigenvalue weighted by Gasteiger charge is -2.42. The van der Waals surface area contributed by atoms with Crippen molar-refractivity contribution in [3.05, 3.63) is 0 Å². The number of carbonyl (C=O) groups excluding carboxylic acids is 3. The smallest absolute Gasteiger partial charge is 0.238 e. The van der Waals surface area contributed by atoms with Crippen LogP contribution in [0.2, 0.25) is 0 Å². The van der Waals surface area contributed by atoms with Gasteiger partial charge in [-0.15, -0.1) is 0 Å². The molecule has 0 spiro atoms. The van der Waals surface area contributed by atoms with Gasteiger partial charge in [-0.25, -0.2) is 0 Å². The molecule has 2 aliphatic carbocycles. The number of hydrogen-bond acceptors (Lipinski definition) is 4. The fraction of sp³-hybridized carbons (Fsp3) is 0.864. The van der Waals surface area contributed by atoms with Gasteiger partial charge >= 0.3 is 0 Å². The molecule has 6 heteroatoms. The summed E-state index contributed by atoms with van der Waals surface area (Å²) < 4.78 is 0. The molecule has 0 aromatic heterocycles. The van der Waals surface area contributed by atoms with Crippen LogP contribution in [0, 0.1) is 11.3 Å². The molecule has 3 N–H and O–H groups in total. The second-order valence-corrected chi connectivity index (χ2v) is 9.31. The van der Waals surface area contributed by atoms with E-state index in [0.29, 0.717) is 38.3 Å². The first-order chi connectivity index (χ1) is 13.4. The summed E-state index contributed by atoms with van der Waals surface area (Å²) in [5.41, 5.74) is 4.69. The first-order valence-electron chi connectivity index (χ1n) is 11.3. The Balaban J connectivity index is 1.88. The summed E-state index contributed by atoms with van der Waals surface area (Å²) in [5.74, 6) is -0.173. The van der Waals surface area contributed by atoms with Crippen molar-refractivity contribution in [2.75, 3.05) is 13.1 Å². The van der Waals surface area contributed by atoms with Gasteiger partial charge in [-0.2, -0.15) is 0 Å². The van der Waals surface area contributed by atoms with Gasteiger partial charge in [-0.05, 0) is 51.4 Å². The molecule has 158 valence electrons. The number of nitrogens with zero attached hydrogens (tertiary/aromatic N) is 1. The van der Waals surface area contributed by atoms with Gasteiger partial charge in [0.1, 0.15) is 5.41 Å². The molecule has 0 unspecified atom stereocenters. The SMILES string of the molecule is C[C@@H]1CC[C@H](N(CC2CCCCC2)C(=O)C2(C(N)=O)CCCCC2)C(=O)CN1. The van der Waals surface area contributed by atoms with Crippen LogP contribution in [0.3, 0.4) is 0 Å². The Morgan fingerprint density at radius 1 is 1.04 bits per heavy atom. The van der Waals surface area contributed by atoms with Crippen LogP contribution in [0.15, 0.2) is 0 Å². The summed E-state index contributed by atoms with van der Waals surface area (Å²) in [6, 6.07) is -0.162. The minimum atomic E-state index is -1.11. The number of primary amides is 1. The topological polar surface area (TPSA) is 92.5 Å². The van der Waals surface area contributed by atoms with Crippen molar-refractivity contribution < 1.29 is 14.4 Å². The number of ketones is 1. The van der Waals surface area contributed by atoms with Gasteiger partial charge < -0.3 is 16.0 Å². The highest BCUT2D eigenvalue weighted by atomic mass is 16.2. The zero-order valence-electron chi connectivity index (χ0n) is 17.4. The monoisotopic (exact) mass is 391 g/mol. The van der Waals surface area contributed by atoms with Crippen LogP contribution in [0.1, 0.15) is 84.0 Å². The Morgan fingerprint density at radius 2 is 1.68 bits per heavy atom. The highest BCUT2D eigenvalue weighted by Gasteiger charge is 2.49. The van der Waals surface area contributed by atoms with E-state index in [4.69, 9.17) is 5.73 Å². The Labute approximate surface area is 169 Å². The first kappa shape index (κ1) is 21.3. The maximum Gasteiger partial charge on any atom is 0.238 e. The summed E-state index contributed by atoms with van der Waals surface area (Å²) >= 11 is 0. The Kier molecular flexibility index (Phi) is 7.13. The predicted octanol–water partition coefficient (Wildman–Crippen LogP) is 2.54. The number of rotatable bonds is 5. The van der Waals surface area contributed by atoms with Gasteiger partial charge in [0.25, 0.3) is 0 Å². The maximum absolute atomic E-state index is 13.8. The Hall–Kier alpha value is -1.43. The van der Waals surface area contributed by atoms with Crippen molar-refractivity contribution >= 4 is 17.6 Å². The Bertz CT molecular complexity index is 580. The number of carbonyl (C=O) groups is 3. The van der Waals surface area contributed by atoms with Gasteiger partial charge in [0.2, 0.25) is 11.8 Å². The molecule has 0 aromatic rings. The Morgan fingerprint density at radius 3 is 2.32 bits per heavy atom. The second-order valence-electron chi connectivity index (χ2n) is 9.31. The number of Topliss-reactive ketones (excluding diaryl/α,β-unsaturated/α-hetero) is 1. The molecule has 0 bridgehead atoms. The van der Waals surface area contributed by atoms with E-state index in [9.17, 15) is 14.4 Å². The van der Waals surface area contributed by atoms with Crippen LogP contribution in [0.5, 0.6) is 0 Å². The number of nitrogens with two attached hydrogens (primary N) is 1. The summed E-state index contributed by atoms with van der Waals surface area (Å²) in [4.78, 5) is 41.0. The number of hydrogen-bond donors (Lipinski definition) is 2. The fourth-order valence-corrected chi connectivity index (χ4v) is 5.39. The molecule has 2 amide bonds. The molecular weight excluding hydrogens is 354 g/mol. The highest BCUT2D eigenvalue weighted by Crippen LogP contribution is 2.39. The summed E-state index contributed by atoms with van der Waals surface area (Å²) in [7, 11) is 0. The van der Waals surface area contributed by atoms with E-state index in [-0.39, 0.29) is 17.7 Å². The van der Waals surface area contributed by atoms with Crippen molar-refractivity contribution in [2.45, 2.75) is 96.1 Å². The third kappa shape index (κ3) is 4.58. The van der Waals surface area contributed by atoms with E-state index in [1.807, 2.05) is 0 Å². The maximum atomic E-state index is 13.8. The van der Waals surface area contributed by atoms with Crippen molar-refractivity contribution in [1.82, 2.24) is 10.2 Å². The number of amides is 2. The highest BCUT2D eigenvalue weighted by molar-refractivity contribution is 6.06. The quantitative estimate of drug-likeness (QED) is 0.705. The largest absolute Gasteiger partial charge is 0.369 e. The van der Waals surface area contributed by atoms with Crippen LogP contribution in [-0.4, -0.2) is 47.7 Å². The molecule has 0 radical (unpaired) electrons. The third-order valence-electron chi connectivity index (χ3n) is 7.27. The first-order valence-corrected chi connectivity index (χ1v) is 11.3. The van der Waals surface area contributed by atoms with E-state index in [0.717, 1.165) is 38.5 Å². The molecule has 28 heavy (non-hydrogen) atoms. The molecular formula is C22H37N3O3. The van der Waals surface area contributed by atoms with Crippen LogP contribution in [0.25, 0.3) is 0 Å². The van der Waals surface area contributed by atoms with E-state index in [1.54, 1.807) is 4.90 Å². The van der Waals surface area contributed by atoms with Gasteiger partial charge in [0.15, 0.2) is 5.78 Å². The van der Waals surface area contributed by atoms with Crippen LogP contribution >= 0.6 is 0 Å². The van der Waals surface area contributed by atoms with E-state index >= 15 is 0 Å². The van der Waals surface area contributed by atoms with E-state index in [2.05, 4.69) is 12.2 Å². The lowest BCUT2D eigenvalue weighted by Crippen LogP contribution is -2.58. The molecule has 6 nitrogen and oxygen atoms in total. The van der Waals surface area contributed by atoms with Gasteiger partial charge in [-0.1, -0.05) is 38.5 Å². The second kappa shape index (κ2) is 9.38. The molecule has 0 aromatic carbocycles. The van der Waals surface area contributed by atoms with Gasteiger partial charge in [-0.3, -0.25) is 14.4 Å². The van der Waals surface area contributed by atoms with Crippen LogP contribution < -0.4 is 11.1 Å². The summed E-state index contributed by atoms with van der Waals surface area (Å²) in [6.07, 6.45) is 11.1. The van der Waals surface area contributed by atoms with Crippen LogP contribution in [-0.2, 0) is 14.4 Å². The fourth-order valence-electron chi connectivity index (χ4n) is 5.39. The van der Waals surface area contributed by atoms with Crippen LogP contribution in [0.4, 0.5) is 0 Å². The average molecular weight is 392 g/mol. The molecule has 1 aliphatic heterocycles. The molecule has 3 aliphatic rings. The van der Waals surface area contributed by atoms with Crippen molar-refractivity contribution in [1.29, 1.82) is 0 Å². The summed E-state index contributed by atoms with van der Waals surface area (Å²) in [5, 5.41) is 3.25. The molecule has 2 saturated carbocycles. The normalized spacial score (nSPS) is 29.1. The zero-order chi connectivity index (χ0) is 20.1. The minimum Gasteiger partial charge on any atom is -0.369 e. The van der Waals surface area contributed by atoms with E-state index < -0.39 is 17.4 Å². The van der Waals surface area contributed by atoms with Gasteiger partial charge in [0, 0.05) is 12.6 Å². The number of nitrogens with one attached hydrogen (secondary N) is 1. The average Bonchev–Trinajstić information content (AvgIpc) is 2.88. The van der Waals surface area contributed by atoms with E-state index in [1.165, 1.54) is 19.3 Å².